The molecule has 0 aromatic heterocycles. The first kappa shape index (κ1) is 21.4. The summed E-state index contributed by atoms with van der Waals surface area (Å²) in [6, 6.07) is 12.3. The van der Waals surface area contributed by atoms with Gasteiger partial charge in [0.25, 0.3) is 0 Å². The predicted octanol–water partition coefficient (Wildman–Crippen LogP) is 4.38. The third kappa shape index (κ3) is 5.17. The molecule has 1 aliphatic heterocycles. The van der Waals surface area contributed by atoms with Crippen LogP contribution in [0.25, 0.3) is 0 Å². The van der Waals surface area contributed by atoms with E-state index in [2.05, 4.69) is 10.6 Å². The summed E-state index contributed by atoms with van der Waals surface area (Å²) in [6.45, 7) is 4.22. The van der Waals surface area contributed by atoms with Crippen molar-refractivity contribution >= 4 is 12.0 Å². The lowest BCUT2D eigenvalue weighted by atomic mass is 9.93. The van der Waals surface area contributed by atoms with E-state index in [1.165, 1.54) is 12.1 Å². The molecule has 1 heterocycles. The van der Waals surface area contributed by atoms with Gasteiger partial charge < -0.3 is 20.1 Å². The number of nitrogens with one attached hydrogen (secondary N) is 2. The Morgan fingerprint density at radius 2 is 1.90 bits per heavy atom. The smallest absolute Gasteiger partial charge is 0.338 e. The summed E-state index contributed by atoms with van der Waals surface area (Å²) in [5.74, 6) is -0.190. The van der Waals surface area contributed by atoms with Crippen LogP contribution in [0.4, 0.5) is 9.18 Å². The van der Waals surface area contributed by atoms with Crippen LogP contribution in [0.5, 0.6) is 5.75 Å². The SMILES string of the molecule is CCCC1=C(C(=O)OCC)C(c2cccc(OCc3ccc(F)cc3)c2)NC(=O)N1. The molecule has 30 heavy (non-hydrogen) atoms. The summed E-state index contributed by atoms with van der Waals surface area (Å²) in [7, 11) is 0. The molecular weight excluding hydrogens is 387 g/mol. The van der Waals surface area contributed by atoms with E-state index in [4.69, 9.17) is 9.47 Å². The third-order valence-corrected chi connectivity index (χ3v) is 4.66. The lowest BCUT2D eigenvalue weighted by Crippen LogP contribution is -2.46. The van der Waals surface area contributed by atoms with Gasteiger partial charge in [0.15, 0.2) is 0 Å². The van der Waals surface area contributed by atoms with Crippen LogP contribution in [-0.4, -0.2) is 18.6 Å². The second-order valence-corrected chi connectivity index (χ2v) is 6.88. The Labute approximate surface area is 175 Å². The molecule has 1 unspecified atom stereocenters. The van der Waals surface area contributed by atoms with Crippen molar-refractivity contribution in [3.63, 3.8) is 0 Å². The molecule has 7 heteroatoms. The molecule has 1 atom stereocenters. The second-order valence-electron chi connectivity index (χ2n) is 6.88. The Kier molecular flexibility index (Phi) is 7.06. The van der Waals surface area contributed by atoms with Crippen molar-refractivity contribution in [3.05, 3.63) is 76.7 Å². The van der Waals surface area contributed by atoms with Crippen molar-refractivity contribution in [2.45, 2.75) is 39.3 Å². The normalized spacial score (nSPS) is 16.0. The van der Waals surface area contributed by atoms with Gasteiger partial charge in [-0.1, -0.05) is 37.6 Å². The lowest BCUT2D eigenvalue weighted by molar-refractivity contribution is -0.139. The van der Waals surface area contributed by atoms with Crippen LogP contribution in [-0.2, 0) is 16.1 Å². The molecule has 158 valence electrons. The average Bonchev–Trinajstić information content (AvgIpc) is 2.73. The molecular formula is C23H25FN2O4. The van der Waals surface area contributed by atoms with E-state index in [9.17, 15) is 14.0 Å². The molecule has 2 aromatic carbocycles. The minimum atomic E-state index is -0.645. The van der Waals surface area contributed by atoms with Crippen LogP contribution < -0.4 is 15.4 Å². The number of benzene rings is 2. The number of ether oxygens (including phenoxy) is 2. The Bertz CT molecular complexity index is 940. The van der Waals surface area contributed by atoms with Gasteiger partial charge in [0.1, 0.15) is 18.2 Å². The number of hydrogen-bond donors (Lipinski definition) is 2. The van der Waals surface area contributed by atoms with Crippen LogP contribution >= 0.6 is 0 Å². The van der Waals surface area contributed by atoms with Crippen molar-refractivity contribution in [2.75, 3.05) is 6.61 Å². The molecule has 0 fully saturated rings. The van der Waals surface area contributed by atoms with Gasteiger partial charge >= 0.3 is 12.0 Å². The third-order valence-electron chi connectivity index (χ3n) is 4.66. The van der Waals surface area contributed by atoms with Crippen molar-refractivity contribution in [1.82, 2.24) is 10.6 Å². The summed E-state index contributed by atoms with van der Waals surface area (Å²) >= 11 is 0. The summed E-state index contributed by atoms with van der Waals surface area (Å²) in [5.41, 5.74) is 2.50. The molecule has 0 aliphatic carbocycles. The number of esters is 1. The van der Waals surface area contributed by atoms with Crippen LogP contribution in [0, 0.1) is 5.82 Å². The molecule has 6 nitrogen and oxygen atoms in total. The highest BCUT2D eigenvalue weighted by Gasteiger charge is 2.33. The molecule has 2 amide bonds. The molecule has 0 radical (unpaired) electrons. The van der Waals surface area contributed by atoms with Gasteiger partial charge in [-0.05, 0) is 48.7 Å². The monoisotopic (exact) mass is 412 g/mol. The number of carbonyl (C=O) groups is 2. The van der Waals surface area contributed by atoms with Gasteiger partial charge in [0.2, 0.25) is 0 Å². The maximum atomic E-state index is 13.1. The van der Waals surface area contributed by atoms with Crippen molar-refractivity contribution in [2.24, 2.45) is 0 Å². The van der Waals surface area contributed by atoms with E-state index < -0.39 is 12.0 Å². The second kappa shape index (κ2) is 9.91. The highest BCUT2D eigenvalue weighted by molar-refractivity contribution is 5.95. The van der Waals surface area contributed by atoms with E-state index in [1.54, 1.807) is 37.3 Å². The zero-order valence-electron chi connectivity index (χ0n) is 17.0. The highest BCUT2D eigenvalue weighted by atomic mass is 19.1. The van der Waals surface area contributed by atoms with Gasteiger partial charge in [-0.3, -0.25) is 0 Å². The Morgan fingerprint density at radius 1 is 1.13 bits per heavy atom. The van der Waals surface area contributed by atoms with Crippen LogP contribution in [0.15, 0.2) is 59.8 Å². The summed E-state index contributed by atoms with van der Waals surface area (Å²) < 4.78 is 24.1. The standard InChI is InChI=1S/C23H25FN2O4/c1-3-6-19-20(22(27)29-4-2)21(26-23(28)25-19)16-7-5-8-18(13-16)30-14-15-9-11-17(24)12-10-15/h5,7-13,21H,3-4,6,14H2,1-2H3,(H2,25,26,28). The summed E-state index contributed by atoms with van der Waals surface area (Å²) in [6.07, 6.45) is 1.32. The number of allylic oxidation sites excluding steroid dienone is 1. The minimum absolute atomic E-state index is 0.239. The Morgan fingerprint density at radius 3 is 2.60 bits per heavy atom. The van der Waals surface area contributed by atoms with Gasteiger partial charge in [-0.25, -0.2) is 14.0 Å². The van der Waals surface area contributed by atoms with Crippen LogP contribution in [0.1, 0.15) is 43.9 Å². The molecule has 0 saturated heterocycles. The molecule has 0 saturated carbocycles. The zero-order chi connectivity index (χ0) is 21.5. The highest BCUT2D eigenvalue weighted by Crippen LogP contribution is 2.31. The van der Waals surface area contributed by atoms with Gasteiger partial charge in [-0.15, -0.1) is 0 Å². The molecule has 0 bridgehead atoms. The van der Waals surface area contributed by atoms with Crippen molar-refractivity contribution in [3.8, 4) is 5.75 Å². The zero-order valence-corrected chi connectivity index (χ0v) is 17.0. The molecule has 0 spiro atoms. The van der Waals surface area contributed by atoms with Crippen LogP contribution in [0.2, 0.25) is 0 Å². The van der Waals surface area contributed by atoms with E-state index in [1.807, 2.05) is 13.0 Å². The van der Waals surface area contributed by atoms with Crippen LogP contribution in [0.3, 0.4) is 0 Å². The quantitative estimate of drug-likeness (QED) is 0.631. The predicted molar refractivity (Wildman–Crippen MR) is 110 cm³/mol. The minimum Gasteiger partial charge on any atom is -0.489 e. The first-order valence-corrected chi connectivity index (χ1v) is 9.96. The maximum absolute atomic E-state index is 13.1. The molecule has 2 N–H and O–H groups in total. The fourth-order valence-corrected chi connectivity index (χ4v) is 3.30. The van der Waals surface area contributed by atoms with E-state index in [0.717, 1.165) is 12.0 Å². The number of carbonyl (C=O) groups excluding carboxylic acids is 2. The summed E-state index contributed by atoms with van der Waals surface area (Å²) in [5, 5.41) is 5.55. The molecule has 1 aliphatic rings. The lowest BCUT2D eigenvalue weighted by Gasteiger charge is -2.29. The number of hydrogen-bond acceptors (Lipinski definition) is 4. The number of rotatable bonds is 8. The first-order chi connectivity index (χ1) is 14.5. The average molecular weight is 412 g/mol. The fourth-order valence-electron chi connectivity index (χ4n) is 3.30. The summed E-state index contributed by atoms with van der Waals surface area (Å²) in [4.78, 5) is 24.9. The Hall–Kier alpha value is -3.35. The van der Waals surface area contributed by atoms with E-state index in [-0.39, 0.29) is 25.1 Å². The van der Waals surface area contributed by atoms with E-state index >= 15 is 0 Å². The fraction of sp³-hybridized carbons (Fsp3) is 0.304. The van der Waals surface area contributed by atoms with Crippen molar-refractivity contribution in [1.29, 1.82) is 0 Å². The maximum Gasteiger partial charge on any atom is 0.338 e. The first-order valence-electron chi connectivity index (χ1n) is 9.96. The Balaban J connectivity index is 1.87. The number of halogens is 1. The number of amides is 2. The molecule has 3 rings (SSSR count). The van der Waals surface area contributed by atoms with E-state index in [0.29, 0.717) is 29.0 Å². The topological polar surface area (TPSA) is 76.7 Å². The number of urea groups is 1. The van der Waals surface area contributed by atoms with Gasteiger partial charge in [0.05, 0.1) is 18.2 Å². The largest absolute Gasteiger partial charge is 0.489 e. The van der Waals surface area contributed by atoms with Gasteiger partial charge in [-0.2, -0.15) is 0 Å². The van der Waals surface area contributed by atoms with Crippen molar-refractivity contribution < 1.29 is 23.5 Å². The molecule has 2 aromatic rings. The van der Waals surface area contributed by atoms with Gasteiger partial charge in [0, 0.05) is 5.70 Å².